The van der Waals surface area contributed by atoms with Crippen molar-refractivity contribution >= 4 is 23.3 Å². The molecule has 1 aliphatic heterocycles. The zero-order valence-corrected chi connectivity index (χ0v) is 14.2. The molecular formula is C16H24ClN3O2. The van der Waals surface area contributed by atoms with Gasteiger partial charge in [-0.1, -0.05) is 18.5 Å². The summed E-state index contributed by atoms with van der Waals surface area (Å²) in [5.41, 5.74) is 1.06. The first-order valence-corrected chi connectivity index (χ1v) is 8.06. The van der Waals surface area contributed by atoms with Crippen molar-refractivity contribution in [3.63, 3.8) is 0 Å². The second-order valence-electron chi connectivity index (χ2n) is 5.55. The maximum atomic E-state index is 12.1. The molecule has 0 aromatic heterocycles. The van der Waals surface area contributed by atoms with E-state index in [9.17, 15) is 4.79 Å². The summed E-state index contributed by atoms with van der Waals surface area (Å²) in [5.74, 6) is 0.678. The van der Waals surface area contributed by atoms with Crippen molar-refractivity contribution in [1.82, 2.24) is 10.2 Å². The normalized spacial score (nSPS) is 16.4. The second kappa shape index (κ2) is 7.58. The van der Waals surface area contributed by atoms with Gasteiger partial charge in [0.2, 0.25) is 0 Å². The number of amides is 2. The molecule has 0 saturated carbocycles. The lowest BCUT2D eigenvalue weighted by Gasteiger charge is -2.36. The van der Waals surface area contributed by atoms with Crippen molar-refractivity contribution in [1.29, 1.82) is 0 Å². The van der Waals surface area contributed by atoms with E-state index < -0.39 is 0 Å². The van der Waals surface area contributed by atoms with Crippen molar-refractivity contribution in [3.8, 4) is 5.75 Å². The number of carbonyl (C=O) groups is 1. The van der Waals surface area contributed by atoms with Crippen LogP contribution in [0.4, 0.5) is 10.5 Å². The second-order valence-corrected chi connectivity index (χ2v) is 5.96. The first-order chi connectivity index (χ1) is 10.5. The summed E-state index contributed by atoms with van der Waals surface area (Å²) in [6.07, 6.45) is 0.941. The van der Waals surface area contributed by atoms with E-state index in [4.69, 9.17) is 16.3 Å². The molecule has 0 bridgehead atoms. The van der Waals surface area contributed by atoms with E-state index in [0.29, 0.717) is 23.9 Å². The van der Waals surface area contributed by atoms with Gasteiger partial charge in [-0.15, -0.1) is 0 Å². The highest BCUT2D eigenvalue weighted by molar-refractivity contribution is 6.32. The molecule has 122 valence electrons. The van der Waals surface area contributed by atoms with Gasteiger partial charge in [-0.2, -0.15) is 0 Å². The number of piperazine rings is 1. The first kappa shape index (κ1) is 16.7. The number of hydrogen-bond acceptors (Lipinski definition) is 3. The van der Waals surface area contributed by atoms with Gasteiger partial charge in [0.1, 0.15) is 5.75 Å². The van der Waals surface area contributed by atoms with E-state index in [1.807, 2.05) is 30.0 Å². The molecule has 1 aromatic carbocycles. The van der Waals surface area contributed by atoms with Gasteiger partial charge >= 0.3 is 6.03 Å². The maximum absolute atomic E-state index is 12.1. The number of ether oxygens (including phenoxy) is 1. The predicted molar refractivity (Wildman–Crippen MR) is 90.1 cm³/mol. The molecule has 1 fully saturated rings. The highest BCUT2D eigenvalue weighted by atomic mass is 35.5. The standard InChI is InChI=1S/C16H24ClN3O2/c1-4-12(2)18-16(21)20-9-7-19(8-10-20)13-5-6-15(22-3)14(17)11-13/h5-6,11-12H,4,7-10H2,1-3H3,(H,18,21). The Morgan fingerprint density at radius 2 is 2.05 bits per heavy atom. The van der Waals surface area contributed by atoms with Crippen molar-refractivity contribution in [2.24, 2.45) is 0 Å². The van der Waals surface area contributed by atoms with Crippen molar-refractivity contribution in [2.75, 3.05) is 38.2 Å². The molecule has 22 heavy (non-hydrogen) atoms. The monoisotopic (exact) mass is 325 g/mol. The van der Waals surface area contributed by atoms with Gasteiger partial charge in [0, 0.05) is 37.9 Å². The Morgan fingerprint density at radius 3 is 2.59 bits per heavy atom. The largest absolute Gasteiger partial charge is 0.495 e. The van der Waals surface area contributed by atoms with Gasteiger partial charge in [-0.05, 0) is 31.5 Å². The van der Waals surface area contributed by atoms with Gasteiger partial charge < -0.3 is 19.9 Å². The molecule has 0 aliphatic carbocycles. The van der Waals surface area contributed by atoms with E-state index in [1.54, 1.807) is 7.11 Å². The number of benzene rings is 1. The topological polar surface area (TPSA) is 44.8 Å². The smallest absolute Gasteiger partial charge is 0.317 e. The molecule has 1 unspecified atom stereocenters. The summed E-state index contributed by atoms with van der Waals surface area (Å²) < 4.78 is 5.17. The highest BCUT2D eigenvalue weighted by Gasteiger charge is 2.22. The molecule has 1 aliphatic rings. The van der Waals surface area contributed by atoms with E-state index in [2.05, 4.69) is 17.1 Å². The van der Waals surface area contributed by atoms with Gasteiger partial charge in [0.05, 0.1) is 12.1 Å². The minimum atomic E-state index is 0.0294. The van der Waals surface area contributed by atoms with Crippen LogP contribution in [0, 0.1) is 0 Å². The van der Waals surface area contributed by atoms with Gasteiger partial charge in [-0.25, -0.2) is 4.79 Å². The Bertz CT molecular complexity index is 516. The molecule has 1 atom stereocenters. The fourth-order valence-electron chi connectivity index (χ4n) is 2.42. The lowest BCUT2D eigenvalue weighted by Crippen LogP contribution is -2.53. The van der Waals surface area contributed by atoms with Gasteiger partial charge in [0.25, 0.3) is 0 Å². The van der Waals surface area contributed by atoms with E-state index >= 15 is 0 Å². The Morgan fingerprint density at radius 1 is 1.36 bits per heavy atom. The molecule has 0 radical (unpaired) electrons. The van der Waals surface area contributed by atoms with Gasteiger partial charge in [0.15, 0.2) is 0 Å². The molecule has 1 heterocycles. The van der Waals surface area contributed by atoms with Crippen LogP contribution in [0.25, 0.3) is 0 Å². The first-order valence-electron chi connectivity index (χ1n) is 7.69. The predicted octanol–water partition coefficient (Wildman–Crippen LogP) is 2.98. The van der Waals surface area contributed by atoms with Crippen LogP contribution >= 0.6 is 11.6 Å². The number of nitrogens with zero attached hydrogens (tertiary/aromatic N) is 2. The molecule has 1 saturated heterocycles. The van der Waals surface area contributed by atoms with Crippen LogP contribution in [0.3, 0.4) is 0 Å². The number of rotatable bonds is 4. The van der Waals surface area contributed by atoms with Crippen LogP contribution in [-0.2, 0) is 0 Å². The van der Waals surface area contributed by atoms with Crippen molar-refractivity contribution in [3.05, 3.63) is 23.2 Å². The number of nitrogens with one attached hydrogen (secondary N) is 1. The maximum Gasteiger partial charge on any atom is 0.317 e. The molecular weight excluding hydrogens is 302 g/mol. The van der Waals surface area contributed by atoms with Crippen LogP contribution < -0.4 is 15.0 Å². The van der Waals surface area contributed by atoms with Crippen LogP contribution in [0.5, 0.6) is 5.75 Å². The zero-order valence-electron chi connectivity index (χ0n) is 13.4. The Hall–Kier alpha value is -1.62. The lowest BCUT2D eigenvalue weighted by molar-refractivity contribution is 0.191. The zero-order chi connectivity index (χ0) is 16.1. The number of hydrogen-bond donors (Lipinski definition) is 1. The summed E-state index contributed by atoms with van der Waals surface area (Å²) in [6.45, 7) is 7.12. The fourth-order valence-corrected chi connectivity index (χ4v) is 2.68. The minimum Gasteiger partial charge on any atom is -0.495 e. The third kappa shape index (κ3) is 3.97. The third-order valence-electron chi connectivity index (χ3n) is 4.05. The summed E-state index contributed by atoms with van der Waals surface area (Å²) in [7, 11) is 1.61. The van der Waals surface area contributed by atoms with Crippen LogP contribution in [0.2, 0.25) is 5.02 Å². The minimum absolute atomic E-state index is 0.0294. The summed E-state index contributed by atoms with van der Waals surface area (Å²) >= 11 is 6.17. The number of methoxy groups -OCH3 is 1. The summed E-state index contributed by atoms with van der Waals surface area (Å²) in [4.78, 5) is 16.2. The van der Waals surface area contributed by atoms with E-state index in [1.165, 1.54) is 0 Å². The van der Waals surface area contributed by atoms with E-state index in [-0.39, 0.29) is 12.1 Å². The van der Waals surface area contributed by atoms with Crippen molar-refractivity contribution < 1.29 is 9.53 Å². The molecule has 1 N–H and O–H groups in total. The molecule has 6 heteroatoms. The molecule has 2 rings (SSSR count). The number of anilines is 1. The van der Waals surface area contributed by atoms with Crippen LogP contribution in [0.15, 0.2) is 18.2 Å². The van der Waals surface area contributed by atoms with E-state index in [0.717, 1.165) is 25.2 Å². The quantitative estimate of drug-likeness (QED) is 0.925. The molecule has 5 nitrogen and oxygen atoms in total. The summed E-state index contributed by atoms with van der Waals surface area (Å²) in [5, 5.41) is 3.62. The third-order valence-corrected chi connectivity index (χ3v) is 4.35. The average Bonchev–Trinajstić information content (AvgIpc) is 2.54. The number of halogens is 1. The summed E-state index contributed by atoms with van der Waals surface area (Å²) in [6, 6.07) is 6.03. The number of urea groups is 1. The molecule has 0 spiro atoms. The fraction of sp³-hybridized carbons (Fsp3) is 0.562. The van der Waals surface area contributed by atoms with Crippen LogP contribution in [-0.4, -0.2) is 50.3 Å². The van der Waals surface area contributed by atoms with Crippen LogP contribution in [0.1, 0.15) is 20.3 Å². The molecule has 1 aromatic rings. The highest BCUT2D eigenvalue weighted by Crippen LogP contribution is 2.29. The average molecular weight is 326 g/mol. The molecule has 2 amide bonds. The van der Waals surface area contributed by atoms with Gasteiger partial charge in [-0.3, -0.25) is 0 Å². The Labute approximate surface area is 137 Å². The SMILES string of the molecule is CCC(C)NC(=O)N1CCN(c2ccc(OC)c(Cl)c2)CC1. The van der Waals surface area contributed by atoms with Crippen molar-refractivity contribution in [2.45, 2.75) is 26.3 Å². The Balaban J connectivity index is 1.92. The Kier molecular flexibility index (Phi) is 5.77. The number of carbonyl (C=O) groups excluding carboxylic acids is 1. The lowest BCUT2D eigenvalue weighted by atomic mass is 10.2.